The lowest BCUT2D eigenvalue weighted by Crippen LogP contribution is -2.00. The van der Waals surface area contributed by atoms with Crippen molar-refractivity contribution >= 4 is 23.1 Å². The van der Waals surface area contributed by atoms with E-state index in [4.69, 9.17) is 17.3 Å². The van der Waals surface area contributed by atoms with Crippen molar-refractivity contribution in [2.45, 2.75) is 13.8 Å². The smallest absolute Gasteiger partial charge is 0.161 e. The Labute approximate surface area is 76.3 Å². The van der Waals surface area contributed by atoms with E-state index in [0.29, 0.717) is 16.3 Å². The van der Waals surface area contributed by atoms with Gasteiger partial charge in [0.2, 0.25) is 0 Å². The van der Waals surface area contributed by atoms with Crippen molar-refractivity contribution in [1.29, 1.82) is 0 Å². The predicted octanol–water partition coefficient (Wildman–Crippen LogP) is 2.43. The van der Waals surface area contributed by atoms with Crippen LogP contribution in [0.15, 0.2) is 12.1 Å². The molecule has 1 rings (SSSR count). The summed E-state index contributed by atoms with van der Waals surface area (Å²) >= 11 is 5.82. The number of nitrogens with two attached hydrogens (primary N) is 1. The number of aryl methyl sites for hydroxylation is 1. The second-order valence-electron chi connectivity index (χ2n) is 2.74. The van der Waals surface area contributed by atoms with Gasteiger partial charge >= 0.3 is 0 Å². The van der Waals surface area contributed by atoms with Crippen molar-refractivity contribution in [2.75, 3.05) is 5.73 Å². The Morgan fingerprint density at radius 1 is 1.50 bits per heavy atom. The highest BCUT2D eigenvalue weighted by Crippen LogP contribution is 2.22. The molecule has 0 aliphatic heterocycles. The molecule has 2 N–H and O–H groups in total. The second-order valence-corrected chi connectivity index (χ2v) is 3.15. The van der Waals surface area contributed by atoms with Crippen LogP contribution in [0.1, 0.15) is 22.8 Å². The van der Waals surface area contributed by atoms with Gasteiger partial charge in [0.15, 0.2) is 5.78 Å². The third-order valence-corrected chi connectivity index (χ3v) is 2.12. The Kier molecular flexibility index (Phi) is 2.38. The van der Waals surface area contributed by atoms with Crippen LogP contribution in [0, 0.1) is 6.92 Å². The Morgan fingerprint density at radius 2 is 2.08 bits per heavy atom. The SMILES string of the molecule is CC(=O)c1cc(Cl)c(C)cc1N. The zero-order valence-corrected chi connectivity index (χ0v) is 7.77. The van der Waals surface area contributed by atoms with E-state index in [0.717, 1.165) is 5.56 Å². The van der Waals surface area contributed by atoms with Crippen molar-refractivity contribution in [1.82, 2.24) is 0 Å². The van der Waals surface area contributed by atoms with E-state index in [1.165, 1.54) is 6.92 Å². The summed E-state index contributed by atoms with van der Waals surface area (Å²) in [6.07, 6.45) is 0. The number of nitrogen functional groups attached to an aromatic ring is 1. The summed E-state index contributed by atoms with van der Waals surface area (Å²) < 4.78 is 0. The van der Waals surface area contributed by atoms with E-state index in [9.17, 15) is 4.79 Å². The highest BCUT2D eigenvalue weighted by Gasteiger charge is 2.06. The molecule has 0 saturated heterocycles. The minimum atomic E-state index is -0.0607. The molecule has 0 radical (unpaired) electrons. The van der Waals surface area contributed by atoms with Crippen LogP contribution in [-0.4, -0.2) is 5.78 Å². The molecule has 1 aromatic carbocycles. The van der Waals surface area contributed by atoms with E-state index < -0.39 is 0 Å². The molecule has 0 aliphatic carbocycles. The van der Waals surface area contributed by atoms with Crippen LogP contribution in [0.5, 0.6) is 0 Å². The van der Waals surface area contributed by atoms with Crippen molar-refractivity contribution in [2.24, 2.45) is 0 Å². The summed E-state index contributed by atoms with van der Waals surface area (Å²) in [5, 5.41) is 0.578. The predicted molar refractivity (Wildman–Crippen MR) is 50.6 cm³/mol. The molecule has 0 heterocycles. The topological polar surface area (TPSA) is 43.1 Å². The van der Waals surface area contributed by atoms with Gasteiger partial charge in [-0.2, -0.15) is 0 Å². The molecule has 0 fully saturated rings. The third-order valence-electron chi connectivity index (χ3n) is 1.71. The first-order valence-corrected chi connectivity index (χ1v) is 3.96. The first-order valence-electron chi connectivity index (χ1n) is 3.59. The molecular formula is C9H10ClNO. The van der Waals surface area contributed by atoms with Gasteiger partial charge in [-0.1, -0.05) is 11.6 Å². The normalized spacial score (nSPS) is 9.92. The van der Waals surface area contributed by atoms with Gasteiger partial charge in [-0.25, -0.2) is 0 Å². The third kappa shape index (κ3) is 1.59. The number of carbonyl (C=O) groups is 1. The monoisotopic (exact) mass is 183 g/mol. The van der Waals surface area contributed by atoms with Crippen LogP contribution >= 0.6 is 11.6 Å². The van der Waals surface area contributed by atoms with Gasteiger partial charge in [0.25, 0.3) is 0 Å². The van der Waals surface area contributed by atoms with Gasteiger partial charge in [-0.05, 0) is 31.5 Å². The number of benzene rings is 1. The molecule has 0 unspecified atom stereocenters. The van der Waals surface area contributed by atoms with Gasteiger partial charge in [-0.3, -0.25) is 4.79 Å². The molecule has 0 aliphatic rings. The summed E-state index contributed by atoms with van der Waals surface area (Å²) in [5.74, 6) is -0.0607. The Balaban J connectivity index is 3.33. The first-order chi connectivity index (χ1) is 5.52. The van der Waals surface area contributed by atoms with E-state index in [1.807, 2.05) is 6.92 Å². The lowest BCUT2D eigenvalue weighted by atomic mass is 10.1. The highest BCUT2D eigenvalue weighted by atomic mass is 35.5. The lowest BCUT2D eigenvalue weighted by molar-refractivity contribution is 0.101. The molecule has 0 spiro atoms. The van der Waals surface area contributed by atoms with Gasteiger partial charge in [0.05, 0.1) is 0 Å². The summed E-state index contributed by atoms with van der Waals surface area (Å²) in [5.41, 5.74) is 7.48. The standard InChI is InChI=1S/C9H10ClNO/c1-5-3-9(11)7(6(2)12)4-8(5)10/h3-4H,11H2,1-2H3. The summed E-state index contributed by atoms with van der Waals surface area (Å²) in [7, 11) is 0. The highest BCUT2D eigenvalue weighted by molar-refractivity contribution is 6.32. The number of hydrogen-bond acceptors (Lipinski definition) is 2. The number of carbonyl (C=O) groups excluding carboxylic acids is 1. The number of rotatable bonds is 1. The molecule has 0 bridgehead atoms. The molecule has 0 atom stereocenters. The number of anilines is 1. The maximum atomic E-state index is 11.0. The van der Waals surface area contributed by atoms with Crippen LogP contribution in [0.3, 0.4) is 0 Å². The van der Waals surface area contributed by atoms with E-state index in [1.54, 1.807) is 12.1 Å². The zero-order valence-electron chi connectivity index (χ0n) is 7.02. The van der Waals surface area contributed by atoms with Crippen molar-refractivity contribution in [3.05, 3.63) is 28.3 Å². The maximum absolute atomic E-state index is 11.0. The molecule has 3 heteroatoms. The Bertz CT molecular complexity index is 334. The van der Waals surface area contributed by atoms with Gasteiger partial charge in [0, 0.05) is 16.3 Å². The fraction of sp³-hybridized carbons (Fsp3) is 0.222. The molecule has 1 aromatic rings. The largest absolute Gasteiger partial charge is 0.398 e. The minimum absolute atomic E-state index is 0.0607. The van der Waals surface area contributed by atoms with Gasteiger partial charge < -0.3 is 5.73 Å². The average Bonchev–Trinajstić information content (AvgIpc) is 1.96. The first kappa shape index (κ1) is 9.07. The summed E-state index contributed by atoms with van der Waals surface area (Å²) in [6, 6.07) is 3.31. The minimum Gasteiger partial charge on any atom is -0.398 e. The number of Topliss-reactive ketones (excluding diaryl/α,β-unsaturated/α-hetero) is 1. The van der Waals surface area contributed by atoms with Crippen LogP contribution in [0.4, 0.5) is 5.69 Å². The maximum Gasteiger partial charge on any atom is 0.161 e. The number of ketones is 1. The van der Waals surface area contributed by atoms with Crippen LogP contribution in [0.2, 0.25) is 5.02 Å². The molecule has 12 heavy (non-hydrogen) atoms. The van der Waals surface area contributed by atoms with E-state index in [2.05, 4.69) is 0 Å². The van der Waals surface area contributed by atoms with Crippen molar-refractivity contribution in [3.63, 3.8) is 0 Å². The van der Waals surface area contributed by atoms with Crippen molar-refractivity contribution < 1.29 is 4.79 Å². The van der Waals surface area contributed by atoms with E-state index in [-0.39, 0.29) is 5.78 Å². The van der Waals surface area contributed by atoms with Crippen molar-refractivity contribution in [3.8, 4) is 0 Å². The van der Waals surface area contributed by atoms with Crippen LogP contribution < -0.4 is 5.73 Å². The average molecular weight is 184 g/mol. The molecule has 2 nitrogen and oxygen atoms in total. The summed E-state index contributed by atoms with van der Waals surface area (Å²) in [6.45, 7) is 3.32. The molecular weight excluding hydrogens is 174 g/mol. The van der Waals surface area contributed by atoms with Crippen LogP contribution in [0.25, 0.3) is 0 Å². The number of hydrogen-bond donors (Lipinski definition) is 1. The lowest BCUT2D eigenvalue weighted by Gasteiger charge is -2.04. The van der Waals surface area contributed by atoms with E-state index >= 15 is 0 Å². The second kappa shape index (κ2) is 3.15. The molecule has 64 valence electrons. The Morgan fingerprint density at radius 3 is 2.58 bits per heavy atom. The fourth-order valence-electron chi connectivity index (χ4n) is 1.01. The fourth-order valence-corrected chi connectivity index (χ4v) is 1.17. The Hall–Kier alpha value is -1.02. The number of halogens is 1. The van der Waals surface area contributed by atoms with Gasteiger partial charge in [-0.15, -0.1) is 0 Å². The quantitative estimate of drug-likeness (QED) is 0.537. The van der Waals surface area contributed by atoms with Crippen LogP contribution in [-0.2, 0) is 0 Å². The molecule has 0 saturated carbocycles. The molecule has 0 amide bonds. The van der Waals surface area contributed by atoms with Gasteiger partial charge in [0.1, 0.15) is 0 Å². The summed E-state index contributed by atoms with van der Waals surface area (Å²) in [4.78, 5) is 11.0. The molecule has 0 aromatic heterocycles. The zero-order chi connectivity index (χ0) is 9.30.